The van der Waals surface area contributed by atoms with Crippen LogP contribution in [0.1, 0.15) is 115 Å². The highest BCUT2D eigenvalue weighted by Crippen LogP contribution is 2.42. The molecule has 0 aromatic carbocycles. The third kappa shape index (κ3) is 10.7. The number of ether oxygens (including phenoxy) is 7. The van der Waals surface area contributed by atoms with E-state index < -0.39 is 102 Å². The van der Waals surface area contributed by atoms with E-state index in [4.69, 9.17) is 33.2 Å². The van der Waals surface area contributed by atoms with Crippen molar-refractivity contribution < 1.29 is 63.2 Å². The summed E-state index contributed by atoms with van der Waals surface area (Å²) in [6, 6.07) is -0.263. The zero-order valence-electron chi connectivity index (χ0n) is 36.0. The topological polar surface area (TPSA) is 183 Å². The van der Waals surface area contributed by atoms with E-state index in [9.17, 15) is 30.0 Å². The second kappa shape index (κ2) is 19.6. The fraction of sp³-hybridized carbons (Fsp3) is 0.951. The number of cyclic esters (lactones) is 1. The molecule has 55 heavy (non-hydrogen) atoms. The highest BCUT2D eigenvalue weighted by molar-refractivity contribution is 5.83. The average Bonchev–Trinajstić information content (AvgIpc) is 3.14. The molecule has 0 radical (unpaired) electrons. The van der Waals surface area contributed by atoms with Gasteiger partial charge in [0.05, 0.1) is 47.6 Å². The number of methoxy groups -OCH3 is 2. The van der Waals surface area contributed by atoms with E-state index in [0.29, 0.717) is 6.42 Å². The lowest BCUT2D eigenvalue weighted by Gasteiger charge is -2.50. The van der Waals surface area contributed by atoms with Crippen LogP contribution in [0.5, 0.6) is 0 Å². The van der Waals surface area contributed by atoms with Crippen LogP contribution in [0, 0.1) is 23.7 Å². The van der Waals surface area contributed by atoms with Crippen LogP contribution in [0.3, 0.4) is 0 Å². The van der Waals surface area contributed by atoms with Gasteiger partial charge >= 0.3 is 5.97 Å². The van der Waals surface area contributed by atoms with Crippen molar-refractivity contribution in [1.82, 2.24) is 4.90 Å². The van der Waals surface area contributed by atoms with Gasteiger partial charge < -0.3 is 58.5 Å². The lowest BCUT2D eigenvalue weighted by molar-refractivity contribution is -0.319. The fourth-order valence-corrected chi connectivity index (χ4v) is 9.08. The number of esters is 1. The summed E-state index contributed by atoms with van der Waals surface area (Å²) in [7, 11) is 5.01. The largest absolute Gasteiger partial charge is 0.459 e. The number of likely N-dealkylation sites (N-methyl/N-ethyl adjacent to an activating group) is 1. The van der Waals surface area contributed by atoms with Crippen LogP contribution in [0.4, 0.5) is 0 Å². The predicted octanol–water partition coefficient (Wildman–Crippen LogP) is 3.61. The van der Waals surface area contributed by atoms with Gasteiger partial charge in [-0.3, -0.25) is 9.59 Å². The Balaban J connectivity index is 2.21. The van der Waals surface area contributed by atoms with Crippen LogP contribution in [0.2, 0.25) is 0 Å². The molecule has 14 heteroatoms. The molecule has 0 saturated carbocycles. The lowest BCUT2D eigenvalue weighted by Crippen LogP contribution is -2.61. The van der Waals surface area contributed by atoms with E-state index in [-0.39, 0.29) is 37.2 Å². The first-order chi connectivity index (χ1) is 25.5. The molecule has 14 nitrogen and oxygen atoms in total. The molecule has 0 bridgehead atoms. The maximum atomic E-state index is 14.3. The minimum absolute atomic E-state index is 0.113. The van der Waals surface area contributed by atoms with E-state index in [1.165, 1.54) is 21.1 Å². The number of carbonyl (C=O) groups is 2. The number of Topliss-reactive ketones (excluding diaryl/α,β-unsaturated/α-hetero) is 1. The Morgan fingerprint density at radius 1 is 0.855 bits per heavy atom. The molecule has 0 spiro atoms. The van der Waals surface area contributed by atoms with Gasteiger partial charge in [0.2, 0.25) is 0 Å². The monoisotopic (exact) mass is 790 g/mol. The summed E-state index contributed by atoms with van der Waals surface area (Å²) in [5.74, 6) is -4.47. The van der Waals surface area contributed by atoms with Crippen LogP contribution < -0.4 is 0 Å². The number of carbonyl (C=O) groups excluding carboxylic acids is 2. The SMILES string of the molecule is CCCCN(C)[C@H]1C[C@@H](C)O[C@@H](O[C@@H]2[C@@H](C)[C@H](O[C@H]3C[C@@](C)(OC)[C@@H](O)[C@H](C)O3)[C@@H](C)C(=O)O[C@H](CC)[C@@](C)(O)[C@H](O)[C@@H](C)C(=O)[C@H](C)C[C@@]2(C)OC)[C@@H]1O. The maximum Gasteiger partial charge on any atom is 0.311 e. The highest BCUT2D eigenvalue weighted by atomic mass is 16.7. The molecule has 0 aliphatic carbocycles. The van der Waals surface area contributed by atoms with Gasteiger partial charge in [0.15, 0.2) is 12.6 Å². The summed E-state index contributed by atoms with van der Waals surface area (Å²) < 4.78 is 44.3. The van der Waals surface area contributed by atoms with Crippen LogP contribution in [0.15, 0.2) is 0 Å². The lowest BCUT2D eigenvalue weighted by atomic mass is 9.74. The number of rotatable bonds is 11. The van der Waals surface area contributed by atoms with E-state index in [2.05, 4.69) is 11.8 Å². The van der Waals surface area contributed by atoms with Crippen molar-refractivity contribution in [2.24, 2.45) is 23.7 Å². The molecular formula is C41H75NO13. The van der Waals surface area contributed by atoms with Gasteiger partial charge in [-0.2, -0.15) is 0 Å². The Labute approximate surface area is 329 Å². The second-order valence-electron chi connectivity index (χ2n) is 17.5. The number of ketones is 1. The molecule has 322 valence electrons. The molecular weight excluding hydrogens is 714 g/mol. The highest BCUT2D eigenvalue weighted by Gasteiger charge is 2.54. The molecule has 3 aliphatic heterocycles. The number of aliphatic hydroxyl groups is 4. The van der Waals surface area contributed by atoms with Gasteiger partial charge in [-0.15, -0.1) is 0 Å². The molecule has 3 aliphatic rings. The first-order valence-electron chi connectivity index (χ1n) is 20.5. The molecule has 4 N–H and O–H groups in total. The molecule has 3 saturated heterocycles. The standard InChI is InChI=1S/C41H75NO13/c1-15-17-18-42(12)28-19-23(4)51-38(32(28)44)55-36-25(6)33(54-30-21-39(9,49-13)35(46)27(8)52-30)26(7)37(47)53-29(16-2)41(11,48)34(45)24(5)31(43)22(3)20-40(36,10)50-14/h22-30,32-36,38,44-46,48H,15-21H2,1-14H3/t22-,23-,24+,25+,26-,27+,28+,29-,30+,32-,33+,34-,35+,36-,38+,39-,40-,41-/m1/s1. The quantitative estimate of drug-likeness (QED) is 0.223. The molecule has 3 fully saturated rings. The van der Waals surface area contributed by atoms with Crippen LogP contribution in [0.25, 0.3) is 0 Å². The van der Waals surface area contributed by atoms with Crippen molar-refractivity contribution >= 4 is 11.8 Å². The molecule has 0 aromatic heterocycles. The molecule has 0 aromatic rings. The normalized spacial score (nSPS) is 47.0. The van der Waals surface area contributed by atoms with Gasteiger partial charge in [0, 0.05) is 44.4 Å². The van der Waals surface area contributed by atoms with Crippen molar-refractivity contribution in [2.75, 3.05) is 27.8 Å². The summed E-state index contributed by atoms with van der Waals surface area (Å²) in [5, 5.41) is 46.0. The Morgan fingerprint density at radius 2 is 1.47 bits per heavy atom. The van der Waals surface area contributed by atoms with Crippen molar-refractivity contribution in [3.8, 4) is 0 Å². The van der Waals surface area contributed by atoms with Crippen molar-refractivity contribution in [2.45, 2.75) is 199 Å². The van der Waals surface area contributed by atoms with Gasteiger partial charge in [0.25, 0.3) is 0 Å². The van der Waals surface area contributed by atoms with Crippen LogP contribution in [-0.2, 0) is 42.7 Å². The summed E-state index contributed by atoms with van der Waals surface area (Å²) >= 11 is 0. The zero-order chi connectivity index (χ0) is 41.8. The summed E-state index contributed by atoms with van der Waals surface area (Å²) in [5.41, 5.74) is -4.25. The minimum Gasteiger partial charge on any atom is -0.459 e. The van der Waals surface area contributed by atoms with Crippen molar-refractivity contribution in [3.05, 3.63) is 0 Å². The number of hydrogen-bond donors (Lipinski definition) is 4. The third-order valence-corrected chi connectivity index (χ3v) is 13.0. The summed E-state index contributed by atoms with van der Waals surface area (Å²) in [6.45, 7) is 20.1. The first kappa shape index (κ1) is 48.1. The van der Waals surface area contributed by atoms with E-state index >= 15 is 0 Å². The van der Waals surface area contributed by atoms with Gasteiger partial charge in [-0.05, 0) is 80.8 Å². The van der Waals surface area contributed by atoms with E-state index in [0.717, 1.165) is 19.4 Å². The van der Waals surface area contributed by atoms with E-state index in [1.54, 1.807) is 41.5 Å². The molecule has 18 atom stereocenters. The van der Waals surface area contributed by atoms with Gasteiger partial charge in [0.1, 0.15) is 29.7 Å². The zero-order valence-corrected chi connectivity index (χ0v) is 36.0. The first-order valence-corrected chi connectivity index (χ1v) is 20.5. The summed E-state index contributed by atoms with van der Waals surface area (Å²) in [6.07, 6.45) is -6.74. The second-order valence-corrected chi connectivity index (χ2v) is 17.5. The van der Waals surface area contributed by atoms with Crippen LogP contribution in [-0.4, -0.2) is 149 Å². The Hall–Kier alpha value is -1.30. The van der Waals surface area contributed by atoms with Gasteiger partial charge in [-0.25, -0.2) is 0 Å². The molecule has 0 unspecified atom stereocenters. The number of aliphatic hydroxyl groups excluding tert-OH is 3. The van der Waals surface area contributed by atoms with Crippen molar-refractivity contribution in [1.29, 1.82) is 0 Å². The molecule has 0 amide bonds. The Bertz CT molecular complexity index is 1240. The predicted molar refractivity (Wildman–Crippen MR) is 205 cm³/mol. The molecule has 3 rings (SSSR count). The summed E-state index contributed by atoms with van der Waals surface area (Å²) in [4.78, 5) is 30.5. The van der Waals surface area contributed by atoms with Gasteiger partial charge in [-0.1, -0.05) is 41.0 Å². The maximum absolute atomic E-state index is 14.3. The van der Waals surface area contributed by atoms with Crippen LogP contribution >= 0.6 is 0 Å². The smallest absolute Gasteiger partial charge is 0.311 e. The minimum atomic E-state index is -1.97. The Kier molecular flexibility index (Phi) is 17.2. The average molecular weight is 790 g/mol. The van der Waals surface area contributed by atoms with E-state index in [1.807, 2.05) is 27.8 Å². The number of unbranched alkanes of at least 4 members (excludes halogenated alkanes) is 1. The Morgan fingerprint density at radius 3 is 2.04 bits per heavy atom. The number of hydrogen-bond acceptors (Lipinski definition) is 14. The van der Waals surface area contributed by atoms with Crippen molar-refractivity contribution in [3.63, 3.8) is 0 Å². The molecule has 3 heterocycles. The number of nitrogens with zero attached hydrogens (tertiary/aromatic N) is 1. The third-order valence-electron chi connectivity index (χ3n) is 13.0. The fourth-order valence-electron chi connectivity index (χ4n) is 9.08.